The summed E-state index contributed by atoms with van der Waals surface area (Å²) < 4.78 is 1.38. The number of aliphatic hydroxyl groups is 1. The highest BCUT2D eigenvalue weighted by Gasteiger charge is 2.21. The monoisotopic (exact) mass is 633 g/mol. The second kappa shape index (κ2) is 14.3. The molecule has 35 heavy (non-hydrogen) atoms. The molecule has 0 saturated heterocycles. The molecule has 12 nitrogen and oxygen atoms in total. The van der Waals surface area contributed by atoms with Gasteiger partial charge in [0.1, 0.15) is 6.04 Å². The first-order valence-electron chi connectivity index (χ1n) is 9.54. The number of hydrogen-bond donors (Lipinski definition) is 7. The van der Waals surface area contributed by atoms with Gasteiger partial charge in [0.05, 0.1) is 24.5 Å². The summed E-state index contributed by atoms with van der Waals surface area (Å²) in [5.74, 6) is -2.47. The molecule has 0 aliphatic rings. The molecule has 15 heteroatoms. The summed E-state index contributed by atoms with van der Waals surface area (Å²) in [5.41, 5.74) is 11.6. The number of nitrogens with two attached hydrogens (primary N) is 2. The molecule has 0 unspecified atom stereocenters. The maximum absolute atomic E-state index is 12.2. The topological polar surface area (TPSA) is 201 Å². The number of guanidine groups is 1. The first-order valence-corrected chi connectivity index (χ1v) is 11.1. The van der Waals surface area contributed by atoms with E-state index in [0.29, 0.717) is 15.8 Å². The smallest absolute Gasteiger partial charge is 0.320 e. The number of anilines is 1. The third kappa shape index (κ3) is 9.90. The Balaban J connectivity index is 0.00000612. The van der Waals surface area contributed by atoms with Gasteiger partial charge in [0.15, 0.2) is 5.96 Å². The highest BCUT2D eigenvalue weighted by Crippen LogP contribution is 2.26. The van der Waals surface area contributed by atoms with E-state index in [1.54, 1.807) is 18.2 Å². The van der Waals surface area contributed by atoms with Crippen LogP contribution in [0, 0.1) is 0 Å². The van der Waals surface area contributed by atoms with Crippen LogP contribution in [0.1, 0.15) is 10.4 Å². The van der Waals surface area contributed by atoms with E-state index >= 15 is 0 Å². The number of nitrogens with one attached hydrogen (secondary N) is 4. The lowest BCUT2D eigenvalue weighted by molar-refractivity contribution is -0.127. The minimum absolute atomic E-state index is 0. The summed E-state index contributed by atoms with van der Waals surface area (Å²) in [6, 6.07) is 8.75. The van der Waals surface area contributed by atoms with Crippen molar-refractivity contribution >= 4 is 85.4 Å². The molecule has 2 aromatic rings. The number of aliphatic hydroxyl groups excluding tert-OH is 1. The van der Waals surface area contributed by atoms with Gasteiger partial charge < -0.3 is 32.5 Å². The van der Waals surface area contributed by atoms with Gasteiger partial charge in [-0.2, -0.15) is 0 Å². The highest BCUT2D eigenvalue weighted by molar-refractivity contribution is 9.11. The molecule has 9 N–H and O–H groups in total. The van der Waals surface area contributed by atoms with Gasteiger partial charge in [0.25, 0.3) is 5.91 Å². The maximum atomic E-state index is 12.2. The fourth-order valence-corrected chi connectivity index (χ4v) is 3.62. The Kier molecular flexibility index (Phi) is 12.2. The van der Waals surface area contributed by atoms with Crippen molar-refractivity contribution in [2.45, 2.75) is 6.04 Å². The number of urea groups is 1. The highest BCUT2D eigenvalue weighted by atomic mass is 79.9. The van der Waals surface area contributed by atoms with E-state index in [2.05, 4.69) is 58.1 Å². The second-order valence-electron chi connectivity index (χ2n) is 6.64. The number of aliphatic imine (C=N–C) groups is 1. The molecule has 0 saturated carbocycles. The quantitative estimate of drug-likeness (QED) is 0.166. The minimum atomic E-state index is -1.33. The van der Waals surface area contributed by atoms with E-state index in [1.807, 2.05) is 0 Å². The summed E-state index contributed by atoms with van der Waals surface area (Å²) in [7, 11) is 0. The van der Waals surface area contributed by atoms with Crippen molar-refractivity contribution in [2.75, 3.05) is 18.5 Å². The van der Waals surface area contributed by atoms with Crippen LogP contribution in [-0.2, 0) is 9.59 Å². The predicted molar refractivity (Wildman–Crippen MR) is 140 cm³/mol. The van der Waals surface area contributed by atoms with Crippen molar-refractivity contribution in [1.29, 1.82) is 0 Å². The van der Waals surface area contributed by atoms with Crippen LogP contribution < -0.4 is 32.7 Å². The maximum Gasteiger partial charge on any atom is 0.320 e. The van der Waals surface area contributed by atoms with Gasteiger partial charge >= 0.3 is 6.03 Å². The van der Waals surface area contributed by atoms with Crippen molar-refractivity contribution in [3.8, 4) is 0 Å². The number of benzene rings is 2. The average molecular weight is 636 g/mol. The first-order chi connectivity index (χ1) is 16.1. The van der Waals surface area contributed by atoms with E-state index in [4.69, 9.17) is 11.5 Å². The SMILES string of the molecule is Cl.NC(N)=Nc1ccc(C(=O)NC(=O)CNC(=O)[C@H](CO)NC(=O)Nc2ccc(Br)cc2Br)cc1. The Morgan fingerprint density at radius 3 is 2.26 bits per heavy atom. The largest absolute Gasteiger partial charge is 0.394 e. The lowest BCUT2D eigenvalue weighted by Gasteiger charge is -2.17. The zero-order chi connectivity index (χ0) is 25.3. The number of imide groups is 1. The van der Waals surface area contributed by atoms with Crippen molar-refractivity contribution < 1.29 is 24.3 Å². The van der Waals surface area contributed by atoms with E-state index in [9.17, 15) is 24.3 Å². The van der Waals surface area contributed by atoms with Gasteiger partial charge in [-0.05, 0) is 58.4 Å². The Labute approximate surface area is 223 Å². The fourth-order valence-electron chi connectivity index (χ4n) is 2.47. The molecular formula is C20H22Br2ClN7O5. The molecule has 1 atom stereocenters. The number of carbonyl (C=O) groups is 4. The second-order valence-corrected chi connectivity index (χ2v) is 8.41. The van der Waals surface area contributed by atoms with Crippen molar-refractivity contribution in [1.82, 2.24) is 16.0 Å². The molecule has 2 aromatic carbocycles. The summed E-state index contributed by atoms with van der Waals surface area (Å²) in [5, 5.41) is 18.6. The van der Waals surface area contributed by atoms with Gasteiger partial charge in [0.2, 0.25) is 11.8 Å². The number of carbonyl (C=O) groups excluding carboxylic acids is 4. The summed E-state index contributed by atoms with van der Waals surface area (Å²) in [4.78, 5) is 52.4. The molecule has 5 amide bonds. The summed E-state index contributed by atoms with van der Waals surface area (Å²) in [6.07, 6.45) is 0. The van der Waals surface area contributed by atoms with Gasteiger partial charge in [-0.3, -0.25) is 19.7 Å². The number of rotatable bonds is 8. The summed E-state index contributed by atoms with van der Waals surface area (Å²) >= 11 is 6.58. The van der Waals surface area contributed by atoms with Crippen molar-refractivity contribution in [2.24, 2.45) is 16.5 Å². The Hall–Kier alpha value is -3.20. The Bertz CT molecular complexity index is 1110. The third-order valence-electron chi connectivity index (χ3n) is 4.05. The molecule has 0 aliphatic carbocycles. The van der Waals surface area contributed by atoms with Gasteiger partial charge in [0, 0.05) is 14.5 Å². The van der Waals surface area contributed by atoms with Gasteiger partial charge in [-0.15, -0.1) is 12.4 Å². The van der Waals surface area contributed by atoms with Gasteiger partial charge in [-0.1, -0.05) is 15.9 Å². The average Bonchev–Trinajstić information content (AvgIpc) is 2.77. The van der Waals surface area contributed by atoms with Crippen LogP contribution in [0.5, 0.6) is 0 Å². The van der Waals surface area contributed by atoms with Crippen molar-refractivity contribution in [3.05, 3.63) is 57.0 Å². The molecule has 0 heterocycles. The molecule has 0 radical (unpaired) electrons. The number of nitrogens with zero attached hydrogens (tertiary/aromatic N) is 1. The fraction of sp³-hybridized carbons (Fsp3) is 0.150. The predicted octanol–water partition coefficient (Wildman–Crippen LogP) is 1.09. The molecule has 0 fully saturated rings. The molecule has 0 bridgehead atoms. The lowest BCUT2D eigenvalue weighted by Crippen LogP contribution is -2.52. The molecule has 188 valence electrons. The van der Waals surface area contributed by atoms with Crippen LogP contribution in [0.2, 0.25) is 0 Å². The standard InChI is InChI=1S/C20H21Br2N7O5.ClH/c21-11-3-6-14(13(22)7-11)27-20(34)28-15(9-30)18(33)25-8-16(31)29-17(32)10-1-4-12(5-2-10)26-19(23)24;/h1-7,15,30H,8-9H2,(H,25,33)(H4,23,24,26)(H2,27,28,34)(H,29,31,32);1H/t15-;/m0./s1. The van der Waals surface area contributed by atoms with E-state index < -0.39 is 42.9 Å². The van der Waals surface area contributed by atoms with Crippen LogP contribution in [0.3, 0.4) is 0 Å². The Morgan fingerprint density at radius 2 is 1.69 bits per heavy atom. The molecule has 0 spiro atoms. The minimum Gasteiger partial charge on any atom is -0.394 e. The number of amides is 5. The third-order valence-corrected chi connectivity index (χ3v) is 5.20. The molecule has 0 aromatic heterocycles. The molecule has 0 aliphatic heterocycles. The van der Waals surface area contributed by atoms with Crippen molar-refractivity contribution in [3.63, 3.8) is 0 Å². The van der Waals surface area contributed by atoms with E-state index in [1.165, 1.54) is 24.3 Å². The van der Waals surface area contributed by atoms with Gasteiger partial charge in [-0.25, -0.2) is 9.79 Å². The Morgan fingerprint density at radius 1 is 1.03 bits per heavy atom. The van der Waals surface area contributed by atoms with Crippen LogP contribution in [0.15, 0.2) is 56.4 Å². The molecular weight excluding hydrogens is 614 g/mol. The normalized spacial score (nSPS) is 10.7. The van der Waals surface area contributed by atoms with E-state index in [0.717, 1.165) is 4.47 Å². The summed E-state index contributed by atoms with van der Waals surface area (Å²) in [6.45, 7) is -1.28. The van der Waals surface area contributed by atoms with Crippen LogP contribution in [-0.4, -0.2) is 54.0 Å². The molecule has 2 rings (SSSR count). The lowest BCUT2D eigenvalue weighted by atomic mass is 10.2. The van der Waals surface area contributed by atoms with E-state index in [-0.39, 0.29) is 23.9 Å². The van der Waals surface area contributed by atoms with Crippen LogP contribution in [0.4, 0.5) is 16.2 Å². The van der Waals surface area contributed by atoms with Crippen LogP contribution in [0.25, 0.3) is 0 Å². The van der Waals surface area contributed by atoms with Crippen LogP contribution >= 0.6 is 44.3 Å². The number of hydrogen-bond acceptors (Lipinski definition) is 6. The number of halogens is 3. The zero-order valence-electron chi connectivity index (χ0n) is 17.9. The first kappa shape index (κ1) is 29.8. The zero-order valence-corrected chi connectivity index (χ0v) is 21.9.